The van der Waals surface area contributed by atoms with E-state index in [1.54, 1.807) is 0 Å². The average Bonchev–Trinajstić information content (AvgIpc) is 2.70. The number of nitrogens with zero attached hydrogens (tertiary/aromatic N) is 1. The first-order chi connectivity index (χ1) is 13.9. The van der Waals surface area contributed by atoms with Crippen LogP contribution in [0.25, 0.3) is 0 Å². The lowest BCUT2D eigenvalue weighted by Gasteiger charge is -2.20. The Balaban J connectivity index is 2.01. The van der Waals surface area contributed by atoms with Crippen molar-refractivity contribution in [3.8, 4) is 5.75 Å². The molecule has 10 heteroatoms. The van der Waals surface area contributed by atoms with E-state index < -0.39 is 35.9 Å². The molecule has 29 heavy (non-hydrogen) atoms. The van der Waals surface area contributed by atoms with Gasteiger partial charge in [0, 0.05) is 18.5 Å². The molecule has 2 aromatic heterocycles. The molecule has 0 radical (unpaired) electrons. The number of halogens is 3. The van der Waals surface area contributed by atoms with E-state index in [2.05, 4.69) is 20.0 Å². The molecule has 7 nitrogen and oxygen atoms in total. The minimum atomic E-state index is -1.23. The Labute approximate surface area is 162 Å². The van der Waals surface area contributed by atoms with Gasteiger partial charge in [0.1, 0.15) is 17.2 Å². The Morgan fingerprint density at radius 2 is 2.03 bits per heavy atom. The van der Waals surface area contributed by atoms with Crippen LogP contribution in [0.5, 0.6) is 5.75 Å². The molecule has 0 bridgehead atoms. The molecule has 0 saturated carbocycles. The second kappa shape index (κ2) is 8.46. The number of amides is 1. The monoisotopic (exact) mass is 404 g/mol. The number of anilines is 1. The highest BCUT2D eigenvalue weighted by Gasteiger charge is 2.24. The number of hydrogen-bond acceptors (Lipinski definition) is 5. The summed E-state index contributed by atoms with van der Waals surface area (Å²) in [5.74, 6) is -2.77. The van der Waals surface area contributed by atoms with Gasteiger partial charge in [-0.1, -0.05) is 6.07 Å². The van der Waals surface area contributed by atoms with E-state index in [9.17, 15) is 22.8 Å². The molecule has 0 spiro atoms. The van der Waals surface area contributed by atoms with E-state index in [1.807, 2.05) is 0 Å². The Morgan fingerprint density at radius 1 is 1.24 bits per heavy atom. The lowest BCUT2D eigenvalue weighted by atomic mass is 10.0. The van der Waals surface area contributed by atoms with Crippen LogP contribution in [0.15, 0.2) is 53.6 Å². The Bertz CT molecular complexity index is 1100. The van der Waals surface area contributed by atoms with Crippen molar-refractivity contribution in [3.05, 3.63) is 87.6 Å². The zero-order chi connectivity index (χ0) is 21.0. The van der Waals surface area contributed by atoms with Gasteiger partial charge in [-0.05, 0) is 29.8 Å². The number of aromatic nitrogens is 2. The van der Waals surface area contributed by atoms with Crippen molar-refractivity contribution in [1.29, 1.82) is 0 Å². The predicted molar refractivity (Wildman–Crippen MR) is 98.0 cm³/mol. The van der Waals surface area contributed by atoms with Crippen LogP contribution in [-0.2, 0) is 0 Å². The fourth-order valence-electron chi connectivity index (χ4n) is 2.62. The third kappa shape index (κ3) is 4.37. The van der Waals surface area contributed by atoms with Gasteiger partial charge in [-0.15, -0.1) is 0 Å². The second-order valence-electron chi connectivity index (χ2n) is 5.89. The van der Waals surface area contributed by atoms with Gasteiger partial charge in [-0.2, -0.15) is 0 Å². The lowest BCUT2D eigenvalue weighted by molar-refractivity contribution is 0.0936. The summed E-state index contributed by atoms with van der Waals surface area (Å²) in [6.45, 7) is -1.23. The third-order valence-electron chi connectivity index (χ3n) is 4.02. The highest BCUT2D eigenvalue weighted by Crippen LogP contribution is 2.27. The summed E-state index contributed by atoms with van der Waals surface area (Å²) in [7, 11) is 0. The molecule has 2 heterocycles. The molecule has 0 aliphatic rings. The number of aromatic amines is 1. The largest absolute Gasteiger partial charge is 0.460 e. The molecule has 150 valence electrons. The molecule has 3 aromatic rings. The number of pyridine rings is 2. The van der Waals surface area contributed by atoms with Crippen LogP contribution in [0, 0.1) is 11.6 Å². The van der Waals surface area contributed by atoms with Gasteiger partial charge in [-0.3, -0.25) is 14.6 Å². The van der Waals surface area contributed by atoms with Gasteiger partial charge in [0.05, 0.1) is 11.7 Å². The maximum atomic E-state index is 14.3. The van der Waals surface area contributed by atoms with Gasteiger partial charge < -0.3 is 20.8 Å². The SMILES string of the molecule is Nc1c[nH]c(C(=O)N[C@@H](c2ccc(OCF)c(F)c2)c2ncccc2F)cc1=O. The standard InChI is InChI=1S/C19H15F3N4O3/c20-9-29-16-4-3-10(6-12(16)22)17(18-11(21)2-1-5-24-18)26-19(28)14-7-15(27)13(23)8-25-14/h1-8,17H,9,23H2,(H,25,27)(H,26,28)/t17-/m0/s1. The highest BCUT2D eigenvalue weighted by molar-refractivity contribution is 5.92. The maximum Gasteiger partial charge on any atom is 0.268 e. The van der Waals surface area contributed by atoms with Crippen molar-refractivity contribution in [2.75, 3.05) is 12.6 Å². The number of carbonyl (C=O) groups is 1. The molecule has 1 aromatic carbocycles. The van der Waals surface area contributed by atoms with E-state index in [1.165, 1.54) is 18.3 Å². The van der Waals surface area contributed by atoms with E-state index in [0.717, 1.165) is 30.5 Å². The first-order valence-corrected chi connectivity index (χ1v) is 8.28. The van der Waals surface area contributed by atoms with Crippen LogP contribution in [-0.4, -0.2) is 22.7 Å². The quantitative estimate of drug-likeness (QED) is 0.585. The molecule has 0 unspecified atom stereocenters. The minimum Gasteiger partial charge on any atom is -0.460 e. The maximum absolute atomic E-state index is 14.3. The van der Waals surface area contributed by atoms with Crippen molar-refractivity contribution < 1.29 is 22.7 Å². The number of benzene rings is 1. The second-order valence-corrected chi connectivity index (χ2v) is 5.89. The highest BCUT2D eigenvalue weighted by atomic mass is 19.1. The zero-order valence-electron chi connectivity index (χ0n) is 14.8. The normalized spacial score (nSPS) is 11.7. The molecule has 1 atom stereocenters. The van der Waals surface area contributed by atoms with Gasteiger partial charge in [0.2, 0.25) is 12.3 Å². The lowest BCUT2D eigenvalue weighted by Crippen LogP contribution is -2.32. The molecule has 0 fully saturated rings. The molecular weight excluding hydrogens is 389 g/mol. The fourth-order valence-corrected chi connectivity index (χ4v) is 2.62. The topological polar surface area (TPSA) is 110 Å². The summed E-state index contributed by atoms with van der Waals surface area (Å²) in [5, 5.41) is 2.50. The van der Waals surface area contributed by atoms with Crippen molar-refractivity contribution in [1.82, 2.24) is 15.3 Å². The third-order valence-corrected chi connectivity index (χ3v) is 4.02. The molecule has 4 N–H and O–H groups in total. The van der Waals surface area contributed by atoms with Crippen molar-refractivity contribution in [3.63, 3.8) is 0 Å². The number of hydrogen-bond donors (Lipinski definition) is 3. The number of nitrogens with one attached hydrogen (secondary N) is 2. The molecule has 0 aliphatic carbocycles. The van der Waals surface area contributed by atoms with Gasteiger partial charge in [0.15, 0.2) is 11.6 Å². The van der Waals surface area contributed by atoms with Crippen molar-refractivity contribution in [2.45, 2.75) is 6.04 Å². The van der Waals surface area contributed by atoms with Crippen molar-refractivity contribution >= 4 is 11.6 Å². The van der Waals surface area contributed by atoms with Gasteiger partial charge >= 0.3 is 0 Å². The first kappa shape index (κ1) is 19.9. The van der Waals surface area contributed by atoms with Crippen LogP contribution in [0.2, 0.25) is 0 Å². The molecule has 3 rings (SSSR count). The molecule has 1 amide bonds. The first-order valence-electron chi connectivity index (χ1n) is 8.28. The van der Waals surface area contributed by atoms with E-state index >= 15 is 0 Å². The average molecular weight is 404 g/mol. The number of rotatable bonds is 6. The van der Waals surface area contributed by atoms with Crippen LogP contribution in [0.4, 0.5) is 18.9 Å². The van der Waals surface area contributed by atoms with Gasteiger partial charge in [-0.25, -0.2) is 13.2 Å². The smallest absolute Gasteiger partial charge is 0.268 e. The molecule has 0 saturated heterocycles. The Morgan fingerprint density at radius 3 is 2.69 bits per heavy atom. The summed E-state index contributed by atoms with van der Waals surface area (Å²) in [6, 6.07) is 5.70. The summed E-state index contributed by atoms with van der Waals surface area (Å²) in [5.41, 5.74) is 4.58. The summed E-state index contributed by atoms with van der Waals surface area (Å²) >= 11 is 0. The summed E-state index contributed by atoms with van der Waals surface area (Å²) in [4.78, 5) is 30.7. The number of H-pyrrole nitrogens is 1. The van der Waals surface area contributed by atoms with Crippen molar-refractivity contribution in [2.24, 2.45) is 0 Å². The number of alkyl halides is 1. The van der Waals surface area contributed by atoms with E-state index in [-0.39, 0.29) is 28.4 Å². The summed E-state index contributed by atoms with van der Waals surface area (Å²) < 4.78 is 45.3. The number of nitrogens with two attached hydrogens (primary N) is 1. The molecular formula is C19H15F3N4O3. The van der Waals surface area contributed by atoms with Crippen LogP contribution in [0.1, 0.15) is 27.8 Å². The van der Waals surface area contributed by atoms with E-state index in [0.29, 0.717) is 0 Å². The van der Waals surface area contributed by atoms with Crippen LogP contribution in [0.3, 0.4) is 0 Å². The Kier molecular flexibility index (Phi) is 5.82. The number of carbonyl (C=O) groups excluding carboxylic acids is 1. The van der Waals surface area contributed by atoms with Crippen LogP contribution < -0.4 is 21.2 Å². The van der Waals surface area contributed by atoms with Gasteiger partial charge in [0.25, 0.3) is 5.91 Å². The minimum absolute atomic E-state index is 0.0839. The number of ether oxygens (including phenoxy) is 1. The predicted octanol–water partition coefficient (Wildman–Crippen LogP) is 2.46. The molecule has 0 aliphatic heterocycles. The Hall–Kier alpha value is -3.82. The number of nitrogen functional groups attached to an aromatic ring is 1. The summed E-state index contributed by atoms with van der Waals surface area (Å²) in [6.07, 6.45) is 2.45. The zero-order valence-corrected chi connectivity index (χ0v) is 14.8. The van der Waals surface area contributed by atoms with E-state index in [4.69, 9.17) is 5.73 Å². The van der Waals surface area contributed by atoms with Crippen LogP contribution >= 0.6 is 0 Å². The fraction of sp³-hybridized carbons (Fsp3) is 0.105.